The number of rotatable bonds is 9. The molecule has 0 unspecified atom stereocenters. The molecule has 1 heterocycles. The van der Waals surface area contributed by atoms with E-state index in [0.717, 1.165) is 5.76 Å². The molecule has 2 rings (SSSR count). The van der Waals surface area contributed by atoms with E-state index in [4.69, 9.17) is 9.15 Å². The minimum absolute atomic E-state index is 0.0209. The molecule has 7 nitrogen and oxygen atoms in total. The van der Waals surface area contributed by atoms with E-state index in [-0.39, 0.29) is 22.9 Å². The van der Waals surface area contributed by atoms with E-state index >= 15 is 0 Å². The number of hydrogen-bond donors (Lipinski definition) is 2. The SMILES string of the molecule is CCNC(=O)c1cc(S(=O)(=O)NCCCc2ccco2)ccc1OC. The molecular formula is C17H22N2O5S. The zero-order valence-electron chi connectivity index (χ0n) is 14.2. The first kappa shape index (κ1) is 19.0. The number of hydrogen-bond acceptors (Lipinski definition) is 5. The predicted molar refractivity (Wildman–Crippen MR) is 93.2 cm³/mol. The molecule has 0 bridgehead atoms. The van der Waals surface area contributed by atoms with Gasteiger partial charge in [0.1, 0.15) is 11.5 Å². The Hall–Kier alpha value is -2.32. The minimum Gasteiger partial charge on any atom is -0.496 e. The molecule has 1 aromatic carbocycles. The fourth-order valence-corrected chi connectivity index (χ4v) is 3.39. The zero-order valence-corrected chi connectivity index (χ0v) is 15.1. The van der Waals surface area contributed by atoms with E-state index in [9.17, 15) is 13.2 Å². The van der Waals surface area contributed by atoms with Gasteiger partial charge in [-0.3, -0.25) is 4.79 Å². The van der Waals surface area contributed by atoms with Crippen molar-refractivity contribution in [1.29, 1.82) is 0 Å². The molecule has 0 saturated carbocycles. The average Bonchev–Trinajstić information content (AvgIpc) is 3.12. The lowest BCUT2D eigenvalue weighted by atomic mass is 10.2. The molecule has 8 heteroatoms. The van der Waals surface area contributed by atoms with Crippen LogP contribution in [0.1, 0.15) is 29.5 Å². The summed E-state index contributed by atoms with van der Waals surface area (Å²) < 4.78 is 37.7. The standard InChI is InChI=1S/C17H22N2O5S/c1-3-18-17(20)15-12-14(8-9-16(15)23-2)25(21,22)19-10-4-6-13-7-5-11-24-13/h5,7-9,11-12,19H,3-4,6,10H2,1-2H3,(H,18,20). The number of methoxy groups -OCH3 is 1. The average molecular weight is 366 g/mol. The van der Waals surface area contributed by atoms with Crippen LogP contribution in [-0.4, -0.2) is 34.5 Å². The highest BCUT2D eigenvalue weighted by Gasteiger charge is 2.19. The van der Waals surface area contributed by atoms with E-state index in [1.165, 1.54) is 25.3 Å². The van der Waals surface area contributed by atoms with Crippen molar-refractivity contribution in [3.8, 4) is 5.75 Å². The lowest BCUT2D eigenvalue weighted by Crippen LogP contribution is -2.27. The van der Waals surface area contributed by atoms with Gasteiger partial charge in [0.25, 0.3) is 5.91 Å². The largest absolute Gasteiger partial charge is 0.496 e. The molecule has 0 aliphatic heterocycles. The second kappa shape index (κ2) is 8.68. The Bertz CT molecular complexity index is 800. The minimum atomic E-state index is -3.71. The van der Waals surface area contributed by atoms with Crippen molar-refractivity contribution in [1.82, 2.24) is 10.0 Å². The molecule has 0 spiro atoms. The van der Waals surface area contributed by atoms with Crippen LogP contribution in [0, 0.1) is 0 Å². The van der Waals surface area contributed by atoms with Gasteiger partial charge in [-0.15, -0.1) is 0 Å². The monoisotopic (exact) mass is 366 g/mol. The van der Waals surface area contributed by atoms with E-state index < -0.39 is 10.0 Å². The van der Waals surface area contributed by atoms with E-state index in [0.29, 0.717) is 25.1 Å². The Kier molecular flexibility index (Phi) is 6.60. The molecule has 136 valence electrons. The van der Waals surface area contributed by atoms with E-state index in [2.05, 4.69) is 10.0 Å². The van der Waals surface area contributed by atoms with Crippen molar-refractivity contribution in [3.63, 3.8) is 0 Å². The summed E-state index contributed by atoms with van der Waals surface area (Å²) in [6, 6.07) is 7.84. The highest BCUT2D eigenvalue weighted by Crippen LogP contribution is 2.22. The zero-order chi connectivity index (χ0) is 18.3. The third-order valence-electron chi connectivity index (χ3n) is 3.54. The van der Waals surface area contributed by atoms with E-state index in [1.807, 2.05) is 6.07 Å². The van der Waals surface area contributed by atoms with Crippen molar-refractivity contribution >= 4 is 15.9 Å². The summed E-state index contributed by atoms with van der Waals surface area (Å²) in [4.78, 5) is 12.1. The van der Waals surface area contributed by atoms with Crippen LogP contribution in [0.2, 0.25) is 0 Å². The van der Waals surface area contributed by atoms with Crippen LogP contribution >= 0.6 is 0 Å². The van der Waals surface area contributed by atoms with Crippen LogP contribution in [0.3, 0.4) is 0 Å². The molecule has 0 saturated heterocycles. The van der Waals surface area contributed by atoms with Gasteiger partial charge in [0.05, 0.1) is 23.8 Å². The Balaban J connectivity index is 2.07. The molecule has 1 aromatic heterocycles. The first-order valence-corrected chi connectivity index (χ1v) is 9.44. The number of carbonyl (C=O) groups is 1. The number of amides is 1. The number of ether oxygens (including phenoxy) is 1. The van der Waals surface area contributed by atoms with Crippen LogP contribution in [0.15, 0.2) is 45.9 Å². The molecule has 0 aliphatic rings. The molecule has 1 amide bonds. The first-order valence-electron chi connectivity index (χ1n) is 7.96. The summed E-state index contributed by atoms with van der Waals surface area (Å²) in [6.07, 6.45) is 2.83. The lowest BCUT2D eigenvalue weighted by molar-refractivity contribution is 0.0952. The normalized spacial score (nSPS) is 11.3. The molecule has 2 aromatic rings. The summed E-state index contributed by atoms with van der Waals surface area (Å²) in [7, 11) is -2.28. The molecule has 0 aliphatic carbocycles. The van der Waals surface area contributed by atoms with Crippen molar-refractivity contribution in [2.45, 2.75) is 24.7 Å². The molecule has 2 N–H and O–H groups in total. The third kappa shape index (κ3) is 5.07. The molecule has 0 atom stereocenters. The van der Waals surface area contributed by atoms with Crippen LogP contribution in [0.4, 0.5) is 0 Å². The second-order valence-corrected chi connectivity index (χ2v) is 7.07. The van der Waals surface area contributed by atoms with Crippen molar-refractivity contribution in [2.24, 2.45) is 0 Å². The molecule has 0 radical (unpaired) electrons. The second-order valence-electron chi connectivity index (χ2n) is 5.30. The van der Waals surface area contributed by atoms with Crippen LogP contribution < -0.4 is 14.8 Å². The Morgan fingerprint density at radius 3 is 2.72 bits per heavy atom. The number of aryl methyl sites for hydroxylation is 1. The summed E-state index contributed by atoms with van der Waals surface area (Å²) >= 11 is 0. The molecule has 0 fully saturated rings. The van der Waals surface area contributed by atoms with Gasteiger partial charge in [0, 0.05) is 19.5 Å². The highest BCUT2D eigenvalue weighted by molar-refractivity contribution is 7.89. The Morgan fingerprint density at radius 2 is 2.08 bits per heavy atom. The first-order chi connectivity index (χ1) is 12.0. The van der Waals surface area contributed by atoms with Gasteiger partial charge in [-0.1, -0.05) is 0 Å². The lowest BCUT2D eigenvalue weighted by Gasteiger charge is -2.11. The topological polar surface area (TPSA) is 97.6 Å². The van der Waals surface area contributed by atoms with Gasteiger partial charge in [0.15, 0.2) is 0 Å². The third-order valence-corrected chi connectivity index (χ3v) is 4.99. The van der Waals surface area contributed by atoms with Gasteiger partial charge in [-0.2, -0.15) is 0 Å². The number of furan rings is 1. The van der Waals surface area contributed by atoms with Gasteiger partial charge < -0.3 is 14.5 Å². The van der Waals surface area contributed by atoms with Gasteiger partial charge in [0.2, 0.25) is 10.0 Å². The van der Waals surface area contributed by atoms with Crippen LogP contribution in [-0.2, 0) is 16.4 Å². The van der Waals surface area contributed by atoms with Crippen molar-refractivity contribution in [2.75, 3.05) is 20.2 Å². The maximum absolute atomic E-state index is 12.4. The quantitative estimate of drug-likeness (QED) is 0.661. The van der Waals surface area contributed by atoms with E-state index in [1.54, 1.807) is 19.3 Å². The molecular weight excluding hydrogens is 344 g/mol. The fourth-order valence-electron chi connectivity index (χ4n) is 2.29. The van der Waals surface area contributed by atoms with Gasteiger partial charge >= 0.3 is 0 Å². The fraction of sp³-hybridized carbons (Fsp3) is 0.353. The predicted octanol–water partition coefficient (Wildman–Crippen LogP) is 1.95. The Labute approximate surface area is 147 Å². The van der Waals surface area contributed by atoms with Crippen molar-refractivity contribution in [3.05, 3.63) is 47.9 Å². The van der Waals surface area contributed by atoms with Gasteiger partial charge in [-0.05, 0) is 43.7 Å². The maximum Gasteiger partial charge on any atom is 0.255 e. The Morgan fingerprint density at radius 1 is 1.28 bits per heavy atom. The number of carbonyl (C=O) groups excluding carboxylic acids is 1. The van der Waals surface area contributed by atoms with Crippen LogP contribution in [0.5, 0.6) is 5.75 Å². The number of sulfonamides is 1. The summed E-state index contributed by atoms with van der Waals surface area (Å²) in [5.41, 5.74) is 0.183. The molecule has 25 heavy (non-hydrogen) atoms. The highest BCUT2D eigenvalue weighted by atomic mass is 32.2. The smallest absolute Gasteiger partial charge is 0.255 e. The maximum atomic E-state index is 12.4. The summed E-state index contributed by atoms with van der Waals surface area (Å²) in [6.45, 7) is 2.49. The summed E-state index contributed by atoms with van der Waals surface area (Å²) in [5, 5.41) is 2.64. The summed E-state index contributed by atoms with van der Waals surface area (Å²) in [5.74, 6) is 0.749. The van der Waals surface area contributed by atoms with Gasteiger partial charge in [-0.25, -0.2) is 13.1 Å². The van der Waals surface area contributed by atoms with Crippen LogP contribution in [0.25, 0.3) is 0 Å². The van der Waals surface area contributed by atoms with Crippen molar-refractivity contribution < 1.29 is 22.4 Å². The number of nitrogens with one attached hydrogen (secondary N) is 2. The number of benzene rings is 1.